The average Bonchev–Trinajstić information content (AvgIpc) is 3.20. The lowest BCUT2D eigenvalue weighted by molar-refractivity contribution is -0.388. The van der Waals surface area contributed by atoms with E-state index in [4.69, 9.17) is 37.9 Å². The molecule has 0 aromatic carbocycles. The number of hydrogen-bond donors (Lipinski definition) is 17. The van der Waals surface area contributed by atoms with Crippen molar-refractivity contribution >= 4 is 5.91 Å². The van der Waals surface area contributed by atoms with Crippen LogP contribution in [0, 0.1) is 0 Å². The zero-order chi connectivity index (χ0) is 43.3. The highest BCUT2D eigenvalue weighted by Crippen LogP contribution is 2.36. The Hall–Kier alpha value is -1.49. The molecule has 17 N–H and O–H groups in total. The zero-order valence-corrected chi connectivity index (χ0v) is 31.2. The molecule has 4 aliphatic heterocycles. The van der Waals surface area contributed by atoms with Crippen molar-refractivity contribution in [2.45, 2.75) is 161 Å². The van der Waals surface area contributed by atoms with Gasteiger partial charge in [0.15, 0.2) is 25.2 Å². The van der Waals surface area contributed by atoms with Gasteiger partial charge in [0, 0.05) is 6.92 Å². The van der Waals surface area contributed by atoms with Gasteiger partial charge in [0.1, 0.15) is 116 Å². The summed E-state index contributed by atoms with van der Waals surface area (Å²) in [6, 6.07) is -1.77. The van der Waals surface area contributed by atoms with Gasteiger partial charge in [0.2, 0.25) is 5.91 Å². The van der Waals surface area contributed by atoms with Gasteiger partial charge in [-0.1, -0.05) is 0 Å². The van der Waals surface area contributed by atoms with Gasteiger partial charge in [-0.15, -0.1) is 0 Å². The van der Waals surface area contributed by atoms with Gasteiger partial charge in [0.25, 0.3) is 0 Å². The minimum Gasteiger partial charge on any atom is -0.394 e. The van der Waals surface area contributed by atoms with Crippen molar-refractivity contribution in [3.05, 3.63) is 0 Å². The molecule has 0 saturated carbocycles. The molecule has 0 aliphatic carbocycles. The van der Waals surface area contributed by atoms with Crippen LogP contribution >= 0.6 is 0 Å². The summed E-state index contributed by atoms with van der Waals surface area (Å²) in [6.45, 7) is -2.71. The molecule has 26 nitrogen and oxygen atoms in total. The van der Waals surface area contributed by atoms with E-state index in [1.54, 1.807) is 0 Å². The van der Waals surface area contributed by atoms with Crippen LogP contribution in [0.3, 0.4) is 0 Å². The zero-order valence-electron chi connectivity index (χ0n) is 31.2. The second kappa shape index (κ2) is 21.5. The third-order valence-electron chi connectivity index (χ3n) is 10.3. The van der Waals surface area contributed by atoms with Gasteiger partial charge in [-0.2, -0.15) is 0 Å². The highest BCUT2D eigenvalue weighted by Gasteiger charge is 2.57. The van der Waals surface area contributed by atoms with Crippen molar-refractivity contribution in [2.75, 3.05) is 33.0 Å². The largest absolute Gasteiger partial charge is 0.394 e. The maximum absolute atomic E-state index is 12.7. The summed E-state index contributed by atoms with van der Waals surface area (Å²) in [5.41, 5.74) is 0. The number of aliphatic hydroxyl groups is 16. The number of carbonyl (C=O) groups is 1. The maximum Gasteiger partial charge on any atom is 0.217 e. The van der Waals surface area contributed by atoms with Crippen molar-refractivity contribution in [1.82, 2.24) is 5.32 Å². The first kappa shape index (κ1) is 49.2. The molecule has 58 heavy (non-hydrogen) atoms. The molecule has 0 aromatic rings. The fourth-order valence-corrected chi connectivity index (χ4v) is 6.96. The van der Waals surface area contributed by atoms with E-state index in [-0.39, 0.29) is 0 Å². The molecule has 0 spiro atoms. The van der Waals surface area contributed by atoms with E-state index in [9.17, 15) is 86.5 Å². The molecular weight excluding hydrogens is 798 g/mol. The molecule has 24 atom stereocenters. The van der Waals surface area contributed by atoms with Crippen molar-refractivity contribution in [3.63, 3.8) is 0 Å². The first-order valence-electron chi connectivity index (χ1n) is 18.4. The van der Waals surface area contributed by atoms with E-state index in [0.29, 0.717) is 0 Å². The van der Waals surface area contributed by atoms with Crippen LogP contribution in [0.1, 0.15) is 13.8 Å². The predicted molar refractivity (Wildman–Crippen MR) is 179 cm³/mol. The minimum atomic E-state index is -2.20. The topological polar surface area (TPSA) is 427 Å². The van der Waals surface area contributed by atoms with Gasteiger partial charge in [-0.25, -0.2) is 0 Å². The molecule has 0 aromatic heterocycles. The Morgan fingerprint density at radius 3 is 1.59 bits per heavy atom. The molecule has 26 heteroatoms. The molecule has 0 bridgehead atoms. The molecule has 340 valence electrons. The number of hydrogen-bond acceptors (Lipinski definition) is 25. The fraction of sp³-hybridized carbons (Fsp3) is 0.969. The monoisotopic (exact) mass is 855 g/mol. The van der Waals surface area contributed by atoms with E-state index < -0.39 is 186 Å². The number of rotatable bonds is 17. The molecule has 4 fully saturated rings. The summed E-state index contributed by atoms with van der Waals surface area (Å²) >= 11 is 0. The predicted octanol–water partition coefficient (Wildman–Crippen LogP) is -11.1. The number of aliphatic hydroxyl groups excluding tert-OH is 16. The number of amides is 1. The van der Waals surface area contributed by atoms with Crippen LogP contribution in [-0.4, -0.2) is 268 Å². The van der Waals surface area contributed by atoms with Crippen LogP contribution in [0.5, 0.6) is 0 Å². The first-order chi connectivity index (χ1) is 27.3. The molecule has 4 aliphatic rings. The smallest absolute Gasteiger partial charge is 0.217 e. The highest BCUT2D eigenvalue weighted by molar-refractivity contribution is 5.73. The second-order valence-corrected chi connectivity index (χ2v) is 14.4. The van der Waals surface area contributed by atoms with Crippen LogP contribution in [0.25, 0.3) is 0 Å². The number of ether oxygens (including phenoxy) is 8. The molecule has 1 amide bonds. The Morgan fingerprint density at radius 2 is 1.03 bits per heavy atom. The van der Waals surface area contributed by atoms with Crippen molar-refractivity contribution < 1.29 is 124 Å². The average molecular weight is 856 g/mol. The molecular formula is C32H57NO25. The van der Waals surface area contributed by atoms with Crippen LogP contribution < -0.4 is 5.32 Å². The third kappa shape index (κ3) is 10.7. The molecule has 4 saturated heterocycles. The van der Waals surface area contributed by atoms with Crippen LogP contribution in [0.15, 0.2) is 0 Å². The maximum atomic E-state index is 12.7. The van der Waals surface area contributed by atoms with E-state index in [1.807, 2.05) is 0 Å². The summed E-state index contributed by atoms with van der Waals surface area (Å²) in [7, 11) is 0. The fourth-order valence-electron chi connectivity index (χ4n) is 6.96. The Balaban J connectivity index is 1.75. The molecule has 4 rings (SSSR count). The lowest BCUT2D eigenvalue weighted by Crippen LogP contribution is -2.71. The SMILES string of the molecule is CC(=O)N[C@H]1[C@H](O[C@H]2[C@@H](O)[C@@H](CO)O[C@@H](O[C@@H]([C@H](O)[C@@H](O)CO)[C@H](O)CO)[C@@H]2O)O[C@H](CO)[C@@H](O[C@@H]2O[C@@H](C)[C@@H](O)[C@@H](O)[C@@H]2O)[C@@H]1O[C@@H]1O[C@H](CO)[C@H](O)[C@H](O)[C@H]1O. The van der Waals surface area contributed by atoms with Crippen molar-refractivity contribution in [2.24, 2.45) is 0 Å². The van der Waals surface area contributed by atoms with Gasteiger partial charge >= 0.3 is 0 Å². The lowest BCUT2D eigenvalue weighted by Gasteiger charge is -2.51. The van der Waals surface area contributed by atoms with Gasteiger partial charge in [-0.3, -0.25) is 4.79 Å². The third-order valence-corrected chi connectivity index (χ3v) is 10.3. The lowest BCUT2D eigenvalue weighted by atomic mass is 9.93. The second-order valence-electron chi connectivity index (χ2n) is 14.4. The summed E-state index contributed by atoms with van der Waals surface area (Å²) in [6.07, 6.45) is -43.1. The van der Waals surface area contributed by atoms with Crippen molar-refractivity contribution in [3.8, 4) is 0 Å². The summed E-state index contributed by atoms with van der Waals surface area (Å²) in [5.74, 6) is -0.855. The van der Waals surface area contributed by atoms with Crippen molar-refractivity contribution in [1.29, 1.82) is 0 Å². The Labute approximate surface area is 329 Å². The quantitative estimate of drug-likeness (QED) is 0.0646. The summed E-state index contributed by atoms with van der Waals surface area (Å²) < 4.78 is 45.9. The highest BCUT2D eigenvalue weighted by atomic mass is 16.8. The van der Waals surface area contributed by atoms with Gasteiger partial charge < -0.3 is 125 Å². The van der Waals surface area contributed by atoms with E-state index in [0.717, 1.165) is 6.92 Å². The molecule has 0 unspecified atom stereocenters. The Kier molecular flexibility index (Phi) is 18.3. The Morgan fingerprint density at radius 1 is 0.552 bits per heavy atom. The van der Waals surface area contributed by atoms with Crippen LogP contribution in [0.2, 0.25) is 0 Å². The Bertz CT molecular complexity index is 1260. The summed E-state index contributed by atoms with van der Waals surface area (Å²) in [4.78, 5) is 12.7. The normalized spacial score (nSPS) is 45.9. The standard InChI is InChI=1S/C32H57NO25/c1-8-16(42)20(46)22(48)30(51-8)56-26-14(7-38)54-29(15(33-9(2)39)27(26)57-31-23(49)21(47)18(44)12(5-36)52-31)58-28-19(45)13(6-37)53-32(24(28)50)55-25(11(41)4-35)17(43)10(40)3-34/h8,10-32,34-38,40-50H,3-7H2,1-2H3,(H,33,39)/t8-,10-,11+,12+,13+,14+,15+,16+,17+,18-,19-,20+,21-,22-,23+,24+,25+,26+,27+,28-,29-,30-,31-,32-/m0/s1. The van der Waals surface area contributed by atoms with Crippen LogP contribution in [-0.2, 0) is 42.7 Å². The van der Waals surface area contributed by atoms with E-state index in [2.05, 4.69) is 5.32 Å². The summed E-state index contributed by atoms with van der Waals surface area (Å²) in [5, 5.41) is 168. The minimum absolute atomic E-state index is 0.855. The van der Waals surface area contributed by atoms with E-state index in [1.165, 1.54) is 6.92 Å². The van der Waals surface area contributed by atoms with E-state index >= 15 is 0 Å². The van der Waals surface area contributed by atoms with Gasteiger partial charge in [0.05, 0.1) is 39.1 Å². The molecule has 4 heterocycles. The molecule has 0 radical (unpaired) electrons. The first-order valence-corrected chi connectivity index (χ1v) is 18.4. The van der Waals surface area contributed by atoms with Gasteiger partial charge in [-0.05, 0) is 6.92 Å². The number of carbonyl (C=O) groups excluding carboxylic acids is 1. The number of nitrogens with one attached hydrogen (secondary N) is 1. The van der Waals surface area contributed by atoms with Crippen LogP contribution in [0.4, 0.5) is 0 Å².